The molecule has 0 amide bonds. The number of pyridine rings is 1. The maximum atomic E-state index is 5.90. The first-order chi connectivity index (χ1) is 12.7. The van der Waals surface area contributed by atoms with Gasteiger partial charge in [0.05, 0.1) is 11.6 Å². The van der Waals surface area contributed by atoms with Crippen LogP contribution in [0, 0.1) is 0 Å². The molecule has 1 fully saturated rings. The normalized spacial score (nSPS) is 15.4. The average molecular weight is 435 g/mol. The molecule has 0 bridgehead atoms. The maximum absolute atomic E-state index is 5.90. The van der Waals surface area contributed by atoms with Crippen molar-refractivity contribution < 1.29 is 4.42 Å². The molecule has 8 heteroatoms. The van der Waals surface area contributed by atoms with Crippen LogP contribution < -0.4 is 4.90 Å². The van der Waals surface area contributed by atoms with Crippen LogP contribution in [0.15, 0.2) is 51.5 Å². The van der Waals surface area contributed by atoms with Gasteiger partial charge in [-0.1, -0.05) is 33.6 Å². The summed E-state index contributed by atoms with van der Waals surface area (Å²) in [6, 6.07) is 11.7. The Morgan fingerprint density at radius 3 is 2.65 bits per heavy atom. The molecule has 3 aromatic rings. The zero-order chi connectivity index (χ0) is 17.9. The third kappa shape index (κ3) is 4.06. The van der Waals surface area contributed by atoms with Crippen molar-refractivity contribution in [1.82, 2.24) is 20.1 Å². The van der Waals surface area contributed by atoms with Crippen LogP contribution in [0.4, 0.5) is 5.82 Å². The molecule has 2 aromatic heterocycles. The molecular weight excluding hydrogens is 418 g/mol. The predicted octanol–water partition coefficient (Wildman–Crippen LogP) is 3.87. The van der Waals surface area contributed by atoms with Crippen molar-refractivity contribution in [3.05, 3.63) is 58.0 Å². The molecule has 3 heterocycles. The number of hydrogen-bond donors (Lipinski definition) is 0. The van der Waals surface area contributed by atoms with Crippen LogP contribution in [0.3, 0.4) is 0 Å². The lowest BCUT2D eigenvalue weighted by Gasteiger charge is -2.34. The molecule has 134 valence electrons. The highest BCUT2D eigenvalue weighted by Crippen LogP contribution is 2.22. The fraction of sp³-hybridized carbons (Fsp3) is 0.278. The largest absolute Gasteiger partial charge is 0.419 e. The minimum Gasteiger partial charge on any atom is -0.419 e. The first-order valence-electron chi connectivity index (χ1n) is 8.34. The van der Waals surface area contributed by atoms with Gasteiger partial charge < -0.3 is 9.32 Å². The van der Waals surface area contributed by atoms with Gasteiger partial charge in [0.1, 0.15) is 5.82 Å². The Morgan fingerprint density at radius 1 is 1.08 bits per heavy atom. The number of rotatable bonds is 4. The number of nitrogens with zero attached hydrogens (tertiary/aromatic N) is 5. The van der Waals surface area contributed by atoms with Gasteiger partial charge in [0, 0.05) is 42.4 Å². The lowest BCUT2D eigenvalue weighted by atomic mass is 10.2. The van der Waals surface area contributed by atoms with Gasteiger partial charge in [0.2, 0.25) is 11.8 Å². The van der Waals surface area contributed by atoms with E-state index in [-0.39, 0.29) is 0 Å². The Bertz CT molecular complexity index is 877. The highest BCUT2D eigenvalue weighted by Gasteiger charge is 2.20. The highest BCUT2D eigenvalue weighted by atomic mass is 79.9. The summed E-state index contributed by atoms with van der Waals surface area (Å²) in [4.78, 5) is 8.95. The highest BCUT2D eigenvalue weighted by molar-refractivity contribution is 9.10. The van der Waals surface area contributed by atoms with Crippen LogP contribution in [-0.2, 0) is 6.54 Å². The van der Waals surface area contributed by atoms with Crippen molar-refractivity contribution in [2.24, 2.45) is 0 Å². The van der Waals surface area contributed by atoms with Gasteiger partial charge in [-0.15, -0.1) is 10.2 Å². The Morgan fingerprint density at radius 2 is 1.92 bits per heavy atom. The zero-order valence-corrected chi connectivity index (χ0v) is 16.3. The van der Waals surface area contributed by atoms with Gasteiger partial charge in [0.25, 0.3) is 0 Å². The van der Waals surface area contributed by atoms with E-state index in [1.54, 1.807) is 6.20 Å². The molecule has 0 radical (unpaired) electrons. The molecule has 0 N–H and O–H groups in total. The Balaban J connectivity index is 1.35. The summed E-state index contributed by atoms with van der Waals surface area (Å²) >= 11 is 9.36. The molecular formula is C18H17BrClN5O. The number of piperazine rings is 1. The quantitative estimate of drug-likeness (QED) is 0.621. The minimum atomic E-state index is 0.547. The SMILES string of the molecule is Clc1ccc(N2CCN(Cc3nnc(-c4cccc(Br)c4)o3)CC2)nc1. The second kappa shape index (κ2) is 7.73. The van der Waals surface area contributed by atoms with Crippen LogP contribution in [0.5, 0.6) is 0 Å². The molecule has 0 unspecified atom stereocenters. The number of hydrogen-bond acceptors (Lipinski definition) is 6. The summed E-state index contributed by atoms with van der Waals surface area (Å²) in [5.74, 6) is 2.15. The zero-order valence-electron chi connectivity index (χ0n) is 14.0. The lowest BCUT2D eigenvalue weighted by molar-refractivity contribution is 0.226. The second-order valence-corrected chi connectivity index (χ2v) is 7.46. The van der Waals surface area contributed by atoms with Crippen LogP contribution in [0.2, 0.25) is 5.02 Å². The molecule has 1 aliphatic heterocycles. The van der Waals surface area contributed by atoms with E-state index in [9.17, 15) is 0 Å². The van der Waals surface area contributed by atoms with E-state index in [4.69, 9.17) is 16.0 Å². The van der Waals surface area contributed by atoms with Gasteiger partial charge in [-0.2, -0.15) is 0 Å². The van der Waals surface area contributed by atoms with Gasteiger partial charge in [-0.25, -0.2) is 4.98 Å². The van der Waals surface area contributed by atoms with Gasteiger partial charge in [-0.3, -0.25) is 4.90 Å². The van der Waals surface area contributed by atoms with Crippen molar-refractivity contribution in [1.29, 1.82) is 0 Å². The first kappa shape index (κ1) is 17.5. The second-order valence-electron chi connectivity index (χ2n) is 6.11. The van der Waals surface area contributed by atoms with E-state index in [1.807, 2.05) is 36.4 Å². The molecule has 0 atom stereocenters. The smallest absolute Gasteiger partial charge is 0.247 e. The summed E-state index contributed by atoms with van der Waals surface area (Å²) in [6.45, 7) is 4.29. The fourth-order valence-electron chi connectivity index (χ4n) is 2.94. The van der Waals surface area contributed by atoms with Crippen LogP contribution in [0.25, 0.3) is 11.5 Å². The summed E-state index contributed by atoms with van der Waals surface area (Å²) in [5.41, 5.74) is 0.914. The van der Waals surface area contributed by atoms with Crippen molar-refractivity contribution in [3.8, 4) is 11.5 Å². The Labute approximate surface area is 164 Å². The van der Waals surface area contributed by atoms with E-state index in [2.05, 4.69) is 40.9 Å². The predicted molar refractivity (Wildman–Crippen MR) is 104 cm³/mol. The number of aromatic nitrogens is 3. The monoisotopic (exact) mass is 433 g/mol. The van der Waals surface area contributed by atoms with Crippen LogP contribution in [0.1, 0.15) is 5.89 Å². The van der Waals surface area contributed by atoms with Crippen LogP contribution in [-0.4, -0.2) is 46.3 Å². The summed E-state index contributed by atoms with van der Waals surface area (Å²) in [5, 5.41) is 9.01. The number of anilines is 1. The van der Waals surface area contributed by atoms with Gasteiger partial charge in [-0.05, 0) is 30.3 Å². The summed E-state index contributed by atoms with van der Waals surface area (Å²) in [6.07, 6.45) is 1.69. The van der Waals surface area contributed by atoms with Crippen molar-refractivity contribution >= 4 is 33.3 Å². The third-order valence-electron chi connectivity index (χ3n) is 4.31. The van der Waals surface area contributed by atoms with Crippen molar-refractivity contribution in [2.75, 3.05) is 31.1 Å². The Hall–Kier alpha value is -1.96. The lowest BCUT2D eigenvalue weighted by Crippen LogP contribution is -2.46. The van der Waals surface area contributed by atoms with Gasteiger partial charge >= 0.3 is 0 Å². The molecule has 0 spiro atoms. The van der Waals surface area contributed by atoms with Crippen molar-refractivity contribution in [3.63, 3.8) is 0 Å². The Kier molecular flexibility index (Phi) is 5.19. The minimum absolute atomic E-state index is 0.547. The maximum Gasteiger partial charge on any atom is 0.247 e. The van der Waals surface area contributed by atoms with E-state index in [1.165, 1.54) is 0 Å². The van der Waals surface area contributed by atoms with E-state index in [0.29, 0.717) is 23.3 Å². The van der Waals surface area contributed by atoms with Gasteiger partial charge in [0.15, 0.2) is 0 Å². The molecule has 0 aliphatic carbocycles. The molecule has 26 heavy (non-hydrogen) atoms. The number of halogens is 2. The van der Waals surface area contributed by atoms with Crippen LogP contribution >= 0.6 is 27.5 Å². The number of benzene rings is 1. The standard InChI is InChI=1S/C18H17BrClN5O/c19-14-3-1-2-13(10-14)18-23-22-17(26-18)12-24-6-8-25(9-7-24)16-5-4-15(20)11-21-16/h1-5,10-11H,6-9,12H2. The summed E-state index contributed by atoms with van der Waals surface area (Å²) in [7, 11) is 0. The third-order valence-corrected chi connectivity index (χ3v) is 5.02. The molecule has 1 aromatic carbocycles. The van der Waals surface area contributed by atoms with E-state index < -0.39 is 0 Å². The fourth-order valence-corrected chi connectivity index (χ4v) is 3.45. The average Bonchev–Trinajstić information content (AvgIpc) is 3.12. The van der Waals surface area contributed by atoms with E-state index in [0.717, 1.165) is 42.0 Å². The topological polar surface area (TPSA) is 58.3 Å². The van der Waals surface area contributed by atoms with Crippen molar-refractivity contribution in [2.45, 2.75) is 6.54 Å². The first-order valence-corrected chi connectivity index (χ1v) is 9.52. The molecule has 1 aliphatic rings. The summed E-state index contributed by atoms with van der Waals surface area (Å²) < 4.78 is 6.81. The van der Waals surface area contributed by atoms with E-state index >= 15 is 0 Å². The molecule has 0 saturated carbocycles. The molecule has 4 rings (SSSR count). The molecule has 1 saturated heterocycles. The molecule has 6 nitrogen and oxygen atoms in total.